The highest BCUT2D eigenvalue weighted by atomic mass is 31.2. The minimum atomic E-state index is -3.38. The lowest BCUT2D eigenvalue weighted by Gasteiger charge is -2.21. The van der Waals surface area contributed by atoms with E-state index >= 15 is 0 Å². The van der Waals surface area contributed by atoms with Crippen molar-refractivity contribution in [1.29, 1.82) is 0 Å². The predicted octanol–water partition coefficient (Wildman–Crippen LogP) is 4.51. The molecular weight excluding hydrogens is 331 g/mol. The van der Waals surface area contributed by atoms with E-state index in [9.17, 15) is 9.36 Å². The standard InChI is InChI=1S/C21H19O3P/c1-16-13-14-21(20(15-16)17(2)22)24-25(23,18-9-5-3-6-10-18)19-11-7-4-8-12-19/h3-15H,1-2H3. The normalized spacial score (nSPS) is 11.1. The van der Waals surface area contributed by atoms with Crippen LogP contribution in [0.25, 0.3) is 0 Å². The summed E-state index contributed by atoms with van der Waals surface area (Å²) in [4.78, 5) is 12.0. The van der Waals surface area contributed by atoms with Crippen LogP contribution in [0.15, 0.2) is 78.9 Å². The van der Waals surface area contributed by atoms with Crippen LogP contribution in [0.4, 0.5) is 0 Å². The highest BCUT2D eigenvalue weighted by Gasteiger charge is 2.31. The van der Waals surface area contributed by atoms with Crippen molar-refractivity contribution in [2.24, 2.45) is 0 Å². The molecular formula is C21H19O3P. The molecule has 0 fully saturated rings. The second-order valence-corrected chi connectivity index (χ2v) is 8.19. The Morgan fingerprint density at radius 3 is 1.84 bits per heavy atom. The number of carbonyl (C=O) groups excluding carboxylic acids is 1. The smallest absolute Gasteiger partial charge is 0.306 e. The van der Waals surface area contributed by atoms with Gasteiger partial charge in [-0.2, -0.15) is 0 Å². The van der Waals surface area contributed by atoms with Gasteiger partial charge in [0.2, 0.25) is 0 Å². The van der Waals surface area contributed by atoms with Crippen molar-refractivity contribution in [1.82, 2.24) is 0 Å². The summed E-state index contributed by atoms with van der Waals surface area (Å²) in [5, 5.41) is 1.19. The van der Waals surface area contributed by atoms with Crippen LogP contribution in [0, 0.1) is 6.92 Å². The van der Waals surface area contributed by atoms with Crippen molar-refractivity contribution in [3.8, 4) is 5.75 Å². The summed E-state index contributed by atoms with van der Waals surface area (Å²) in [5.74, 6) is 0.223. The zero-order valence-electron chi connectivity index (χ0n) is 14.2. The third kappa shape index (κ3) is 3.57. The molecule has 3 aromatic rings. The van der Waals surface area contributed by atoms with Crippen LogP contribution in [0.2, 0.25) is 0 Å². The summed E-state index contributed by atoms with van der Waals surface area (Å²) in [6, 6.07) is 23.5. The van der Waals surface area contributed by atoms with Crippen LogP contribution in [0.5, 0.6) is 5.75 Å². The Balaban J connectivity index is 2.16. The molecule has 25 heavy (non-hydrogen) atoms. The molecule has 3 rings (SSSR count). The largest absolute Gasteiger partial charge is 0.436 e. The summed E-state index contributed by atoms with van der Waals surface area (Å²) in [7, 11) is -3.38. The average Bonchev–Trinajstić information content (AvgIpc) is 2.64. The molecule has 0 saturated carbocycles. The second kappa shape index (κ2) is 7.08. The third-order valence-corrected chi connectivity index (χ3v) is 6.34. The Labute approximate surface area is 147 Å². The van der Waals surface area contributed by atoms with Crippen molar-refractivity contribution in [2.75, 3.05) is 0 Å². The van der Waals surface area contributed by atoms with E-state index in [1.807, 2.05) is 49.4 Å². The maximum absolute atomic E-state index is 13.9. The summed E-state index contributed by atoms with van der Waals surface area (Å²) in [5.41, 5.74) is 1.39. The van der Waals surface area contributed by atoms with Gasteiger partial charge >= 0.3 is 7.37 Å². The van der Waals surface area contributed by atoms with Gasteiger partial charge in [-0.3, -0.25) is 9.36 Å². The lowest BCUT2D eigenvalue weighted by Crippen LogP contribution is -2.20. The highest BCUT2D eigenvalue weighted by Crippen LogP contribution is 2.46. The average molecular weight is 350 g/mol. The molecule has 0 spiro atoms. The number of ketones is 1. The Morgan fingerprint density at radius 2 is 1.36 bits per heavy atom. The molecule has 0 unspecified atom stereocenters. The SMILES string of the molecule is CC(=O)c1cc(C)ccc1OP(=O)(c1ccccc1)c1ccccc1. The van der Waals surface area contributed by atoms with E-state index in [0.717, 1.165) is 5.56 Å². The monoisotopic (exact) mass is 350 g/mol. The lowest BCUT2D eigenvalue weighted by atomic mass is 10.1. The molecule has 0 radical (unpaired) electrons. The van der Waals surface area contributed by atoms with Crippen LogP contribution < -0.4 is 15.1 Å². The maximum atomic E-state index is 13.9. The Morgan fingerprint density at radius 1 is 0.840 bits per heavy atom. The summed E-state index contributed by atoms with van der Waals surface area (Å²) >= 11 is 0. The number of aryl methyl sites for hydroxylation is 1. The molecule has 126 valence electrons. The fraction of sp³-hybridized carbons (Fsp3) is 0.0952. The van der Waals surface area contributed by atoms with Crippen molar-refractivity contribution in [3.05, 3.63) is 90.0 Å². The minimum Gasteiger partial charge on any atom is -0.436 e. The van der Waals surface area contributed by atoms with E-state index in [1.165, 1.54) is 6.92 Å². The number of hydrogen-bond donors (Lipinski definition) is 0. The number of Topliss-reactive ketones (excluding diaryl/α,β-unsaturated/α-hetero) is 1. The molecule has 3 aromatic carbocycles. The van der Waals surface area contributed by atoms with Gasteiger partial charge in [0.1, 0.15) is 5.75 Å². The summed E-state index contributed by atoms with van der Waals surface area (Å²) < 4.78 is 20.0. The number of carbonyl (C=O) groups is 1. The van der Waals surface area contributed by atoms with Gasteiger partial charge < -0.3 is 4.52 Å². The summed E-state index contributed by atoms with van der Waals surface area (Å²) in [6.07, 6.45) is 0. The Hall–Kier alpha value is -2.64. The Kier molecular flexibility index (Phi) is 4.87. The molecule has 0 aliphatic heterocycles. The van der Waals surface area contributed by atoms with Gasteiger partial charge in [0.05, 0.1) is 16.2 Å². The fourth-order valence-electron chi connectivity index (χ4n) is 2.64. The van der Waals surface area contributed by atoms with Gasteiger partial charge in [-0.05, 0) is 50.2 Å². The fourth-order valence-corrected chi connectivity index (χ4v) is 4.71. The van der Waals surface area contributed by atoms with E-state index in [2.05, 4.69) is 0 Å². The second-order valence-electron chi connectivity index (χ2n) is 5.87. The Bertz CT molecular complexity index is 890. The topological polar surface area (TPSA) is 43.4 Å². The zero-order valence-corrected chi connectivity index (χ0v) is 15.1. The first-order valence-electron chi connectivity index (χ1n) is 8.03. The lowest BCUT2D eigenvalue weighted by molar-refractivity contribution is 0.101. The molecule has 0 aliphatic rings. The highest BCUT2D eigenvalue weighted by molar-refractivity contribution is 7.74. The van der Waals surface area contributed by atoms with Gasteiger partial charge in [0.25, 0.3) is 0 Å². The van der Waals surface area contributed by atoms with E-state index in [4.69, 9.17) is 4.52 Å². The minimum absolute atomic E-state index is 0.119. The molecule has 0 amide bonds. The van der Waals surface area contributed by atoms with Crippen molar-refractivity contribution in [2.45, 2.75) is 13.8 Å². The first-order valence-corrected chi connectivity index (χ1v) is 9.65. The molecule has 0 N–H and O–H groups in total. The van der Waals surface area contributed by atoms with E-state index < -0.39 is 7.37 Å². The quantitative estimate of drug-likeness (QED) is 0.502. The molecule has 0 aliphatic carbocycles. The molecule has 4 heteroatoms. The van der Waals surface area contributed by atoms with Crippen LogP contribution in [0.3, 0.4) is 0 Å². The van der Waals surface area contributed by atoms with Crippen molar-refractivity contribution in [3.63, 3.8) is 0 Å². The molecule has 0 heterocycles. The maximum Gasteiger partial charge on any atom is 0.306 e. The summed E-state index contributed by atoms with van der Waals surface area (Å²) in [6.45, 7) is 3.39. The van der Waals surface area contributed by atoms with Gasteiger partial charge in [-0.1, -0.05) is 48.0 Å². The first kappa shape index (κ1) is 17.2. The third-order valence-electron chi connectivity index (χ3n) is 3.93. The van der Waals surface area contributed by atoms with Gasteiger partial charge in [0.15, 0.2) is 5.78 Å². The van der Waals surface area contributed by atoms with Crippen LogP contribution >= 0.6 is 7.37 Å². The van der Waals surface area contributed by atoms with E-state index in [-0.39, 0.29) is 5.78 Å². The number of hydrogen-bond acceptors (Lipinski definition) is 3. The molecule has 3 nitrogen and oxygen atoms in total. The van der Waals surface area contributed by atoms with Crippen LogP contribution in [0.1, 0.15) is 22.8 Å². The van der Waals surface area contributed by atoms with E-state index in [1.54, 1.807) is 36.4 Å². The van der Waals surface area contributed by atoms with Gasteiger partial charge in [0, 0.05) is 0 Å². The number of rotatable bonds is 5. The van der Waals surface area contributed by atoms with Gasteiger partial charge in [-0.15, -0.1) is 0 Å². The van der Waals surface area contributed by atoms with Crippen LogP contribution in [-0.4, -0.2) is 5.78 Å². The van der Waals surface area contributed by atoms with Crippen molar-refractivity contribution >= 4 is 23.8 Å². The zero-order chi connectivity index (χ0) is 17.9. The molecule has 0 aromatic heterocycles. The molecule has 0 bridgehead atoms. The number of benzene rings is 3. The van der Waals surface area contributed by atoms with Crippen LogP contribution in [-0.2, 0) is 4.57 Å². The first-order chi connectivity index (χ1) is 12.0. The van der Waals surface area contributed by atoms with Gasteiger partial charge in [-0.25, -0.2) is 0 Å². The molecule has 0 atom stereocenters. The molecule has 0 saturated heterocycles. The van der Waals surface area contributed by atoms with Crippen molar-refractivity contribution < 1.29 is 13.9 Å². The predicted molar refractivity (Wildman–Crippen MR) is 102 cm³/mol. The van der Waals surface area contributed by atoms with E-state index in [0.29, 0.717) is 21.9 Å².